The summed E-state index contributed by atoms with van der Waals surface area (Å²) in [6.07, 6.45) is 7.55. The van der Waals surface area contributed by atoms with Gasteiger partial charge in [-0.3, -0.25) is 0 Å². The van der Waals surface area contributed by atoms with Crippen molar-refractivity contribution in [2.45, 2.75) is 52.0 Å². The van der Waals surface area contributed by atoms with Crippen LogP contribution in [-0.2, 0) is 6.42 Å². The van der Waals surface area contributed by atoms with E-state index in [1.54, 1.807) is 0 Å². The van der Waals surface area contributed by atoms with E-state index in [0.717, 1.165) is 30.1 Å². The van der Waals surface area contributed by atoms with E-state index in [1.165, 1.54) is 25.6 Å². The van der Waals surface area contributed by atoms with E-state index in [-0.39, 0.29) is 0 Å². The first-order chi connectivity index (χ1) is 8.22. The van der Waals surface area contributed by atoms with Crippen LogP contribution in [-0.4, -0.2) is 16.0 Å². The third-order valence-electron chi connectivity index (χ3n) is 3.61. The Morgan fingerprint density at radius 3 is 2.82 bits per heavy atom. The lowest BCUT2D eigenvalue weighted by atomic mass is 9.80. The van der Waals surface area contributed by atoms with E-state index < -0.39 is 0 Å². The summed E-state index contributed by atoms with van der Waals surface area (Å²) in [5.74, 6) is 1.71. The molecule has 1 saturated carbocycles. The Hall–Kier alpha value is -0.830. The van der Waals surface area contributed by atoms with E-state index in [1.807, 2.05) is 0 Å². The number of aromatic nitrogens is 2. The Balaban J connectivity index is 2.10. The Bertz CT molecular complexity index is 377. The average molecular weight is 254 g/mol. The van der Waals surface area contributed by atoms with Gasteiger partial charge in [0.25, 0.3) is 0 Å². The van der Waals surface area contributed by atoms with Crippen molar-refractivity contribution in [2.75, 3.05) is 5.32 Å². The molecule has 1 N–H and O–H groups in total. The number of halogens is 1. The molecule has 1 aliphatic rings. The van der Waals surface area contributed by atoms with Crippen LogP contribution >= 0.6 is 11.6 Å². The first-order valence-corrected chi connectivity index (χ1v) is 6.86. The second-order valence-corrected chi connectivity index (χ2v) is 5.22. The molecule has 94 valence electrons. The molecular formula is C13H20ClN3. The van der Waals surface area contributed by atoms with Crippen LogP contribution in [0, 0.1) is 5.92 Å². The summed E-state index contributed by atoms with van der Waals surface area (Å²) in [6.45, 7) is 4.37. The molecule has 4 heteroatoms. The fourth-order valence-corrected chi connectivity index (χ4v) is 2.49. The van der Waals surface area contributed by atoms with E-state index in [0.29, 0.717) is 11.2 Å². The van der Waals surface area contributed by atoms with E-state index in [2.05, 4.69) is 29.1 Å². The van der Waals surface area contributed by atoms with Crippen molar-refractivity contribution >= 4 is 17.4 Å². The molecule has 0 aliphatic heterocycles. The van der Waals surface area contributed by atoms with Gasteiger partial charge in [0.2, 0.25) is 0 Å². The molecule has 2 rings (SSSR count). The van der Waals surface area contributed by atoms with Gasteiger partial charge in [0.05, 0.1) is 0 Å². The highest BCUT2D eigenvalue weighted by Crippen LogP contribution is 2.32. The van der Waals surface area contributed by atoms with Crippen molar-refractivity contribution in [1.82, 2.24) is 9.97 Å². The minimum absolute atomic E-state index is 0.477. The largest absolute Gasteiger partial charge is 0.367 e. The normalized spacial score (nSPS) is 17.6. The summed E-state index contributed by atoms with van der Waals surface area (Å²) in [5.41, 5.74) is 1.06. The van der Waals surface area contributed by atoms with Crippen molar-refractivity contribution in [3.05, 3.63) is 17.0 Å². The SMILES string of the molecule is CCCc1c(Cl)ncnc1NC(C)C1CCC1. The minimum Gasteiger partial charge on any atom is -0.367 e. The molecule has 1 atom stereocenters. The van der Waals surface area contributed by atoms with Gasteiger partial charge in [0.15, 0.2) is 0 Å². The van der Waals surface area contributed by atoms with Gasteiger partial charge >= 0.3 is 0 Å². The Morgan fingerprint density at radius 2 is 2.24 bits per heavy atom. The highest BCUT2D eigenvalue weighted by atomic mass is 35.5. The lowest BCUT2D eigenvalue weighted by molar-refractivity contribution is 0.284. The maximum absolute atomic E-state index is 6.13. The van der Waals surface area contributed by atoms with Crippen LogP contribution in [0.25, 0.3) is 0 Å². The molecule has 1 aliphatic carbocycles. The van der Waals surface area contributed by atoms with Gasteiger partial charge in [-0.15, -0.1) is 0 Å². The van der Waals surface area contributed by atoms with Crippen molar-refractivity contribution in [1.29, 1.82) is 0 Å². The second-order valence-electron chi connectivity index (χ2n) is 4.87. The van der Waals surface area contributed by atoms with Crippen LogP contribution in [0.5, 0.6) is 0 Å². The number of hydrogen-bond acceptors (Lipinski definition) is 3. The summed E-state index contributed by atoms with van der Waals surface area (Å²) in [4.78, 5) is 8.39. The molecule has 17 heavy (non-hydrogen) atoms. The molecular weight excluding hydrogens is 234 g/mol. The molecule has 0 radical (unpaired) electrons. The molecule has 1 heterocycles. The number of hydrogen-bond donors (Lipinski definition) is 1. The van der Waals surface area contributed by atoms with Crippen LogP contribution in [0.3, 0.4) is 0 Å². The van der Waals surface area contributed by atoms with Crippen LogP contribution in [0.15, 0.2) is 6.33 Å². The zero-order valence-electron chi connectivity index (χ0n) is 10.5. The van der Waals surface area contributed by atoms with Gasteiger partial charge in [0, 0.05) is 11.6 Å². The zero-order valence-corrected chi connectivity index (χ0v) is 11.3. The summed E-state index contributed by atoms with van der Waals surface area (Å²) >= 11 is 6.13. The monoisotopic (exact) mass is 253 g/mol. The molecule has 0 amide bonds. The first kappa shape index (κ1) is 12.6. The summed E-state index contributed by atoms with van der Waals surface area (Å²) in [7, 11) is 0. The quantitative estimate of drug-likeness (QED) is 0.814. The van der Waals surface area contributed by atoms with Gasteiger partial charge in [0.1, 0.15) is 17.3 Å². The summed E-state index contributed by atoms with van der Waals surface area (Å²) < 4.78 is 0. The molecule has 1 fully saturated rings. The molecule has 3 nitrogen and oxygen atoms in total. The molecule has 1 aromatic heterocycles. The second kappa shape index (κ2) is 5.67. The van der Waals surface area contributed by atoms with Crippen molar-refractivity contribution in [3.8, 4) is 0 Å². The van der Waals surface area contributed by atoms with Gasteiger partial charge < -0.3 is 5.32 Å². The predicted molar refractivity (Wildman–Crippen MR) is 71.5 cm³/mol. The third kappa shape index (κ3) is 2.89. The Morgan fingerprint density at radius 1 is 1.47 bits per heavy atom. The lowest BCUT2D eigenvalue weighted by Gasteiger charge is -2.32. The van der Waals surface area contributed by atoms with E-state index in [9.17, 15) is 0 Å². The third-order valence-corrected chi connectivity index (χ3v) is 3.94. The maximum atomic E-state index is 6.13. The van der Waals surface area contributed by atoms with Crippen LogP contribution < -0.4 is 5.32 Å². The predicted octanol–water partition coefficient (Wildman–Crippen LogP) is 3.68. The highest BCUT2D eigenvalue weighted by molar-refractivity contribution is 6.30. The fourth-order valence-electron chi connectivity index (χ4n) is 2.26. The number of rotatable bonds is 5. The van der Waals surface area contributed by atoms with Crippen molar-refractivity contribution < 1.29 is 0 Å². The molecule has 0 spiro atoms. The first-order valence-electron chi connectivity index (χ1n) is 6.48. The van der Waals surface area contributed by atoms with Crippen molar-refractivity contribution in [3.63, 3.8) is 0 Å². The molecule has 0 bridgehead atoms. The smallest absolute Gasteiger partial charge is 0.137 e. The van der Waals surface area contributed by atoms with E-state index in [4.69, 9.17) is 11.6 Å². The van der Waals surface area contributed by atoms with Gasteiger partial charge in [-0.2, -0.15) is 0 Å². The molecule has 1 aromatic rings. The zero-order chi connectivity index (χ0) is 12.3. The molecule has 0 saturated heterocycles. The van der Waals surface area contributed by atoms with Gasteiger partial charge in [-0.25, -0.2) is 9.97 Å². The van der Waals surface area contributed by atoms with E-state index >= 15 is 0 Å². The topological polar surface area (TPSA) is 37.8 Å². The Kier molecular flexibility index (Phi) is 4.21. The maximum Gasteiger partial charge on any atom is 0.137 e. The molecule has 1 unspecified atom stereocenters. The summed E-state index contributed by atoms with van der Waals surface area (Å²) in [5, 5.41) is 4.09. The number of nitrogens with one attached hydrogen (secondary N) is 1. The highest BCUT2D eigenvalue weighted by Gasteiger charge is 2.24. The van der Waals surface area contributed by atoms with Gasteiger partial charge in [-0.05, 0) is 32.1 Å². The standard InChI is InChI=1S/C13H20ClN3/c1-3-5-11-12(14)15-8-16-13(11)17-9(2)10-6-4-7-10/h8-10H,3-7H2,1-2H3,(H,15,16,17). The van der Waals surface area contributed by atoms with Crippen LogP contribution in [0.1, 0.15) is 45.1 Å². The van der Waals surface area contributed by atoms with Crippen LogP contribution in [0.2, 0.25) is 5.15 Å². The Labute approximate surface area is 108 Å². The average Bonchev–Trinajstić information content (AvgIpc) is 2.20. The van der Waals surface area contributed by atoms with Crippen molar-refractivity contribution in [2.24, 2.45) is 5.92 Å². The fraction of sp³-hybridized carbons (Fsp3) is 0.692. The van der Waals surface area contributed by atoms with Gasteiger partial charge in [-0.1, -0.05) is 31.4 Å². The summed E-state index contributed by atoms with van der Waals surface area (Å²) in [6, 6.07) is 0.477. The lowest BCUT2D eigenvalue weighted by Crippen LogP contribution is -2.31. The minimum atomic E-state index is 0.477. The number of anilines is 1. The molecule has 0 aromatic carbocycles. The number of nitrogens with zero attached hydrogens (tertiary/aromatic N) is 2. The van der Waals surface area contributed by atoms with Crippen LogP contribution in [0.4, 0.5) is 5.82 Å².